The Labute approximate surface area is 82.8 Å². The van der Waals surface area contributed by atoms with Gasteiger partial charge in [0.05, 0.1) is 5.69 Å². The molecule has 2 aromatic heterocycles. The zero-order valence-electron chi connectivity index (χ0n) is 8.49. The van der Waals surface area contributed by atoms with E-state index in [1.165, 1.54) is 0 Å². The highest BCUT2D eigenvalue weighted by Crippen LogP contribution is 2.10. The van der Waals surface area contributed by atoms with E-state index in [9.17, 15) is 0 Å². The predicted molar refractivity (Wildman–Crippen MR) is 55.2 cm³/mol. The first-order chi connectivity index (χ1) is 6.72. The van der Waals surface area contributed by atoms with Crippen molar-refractivity contribution in [1.82, 2.24) is 14.6 Å². The van der Waals surface area contributed by atoms with Gasteiger partial charge in [0.2, 0.25) is 0 Å². The maximum atomic E-state index is 5.48. The fourth-order valence-electron chi connectivity index (χ4n) is 1.45. The summed E-state index contributed by atoms with van der Waals surface area (Å²) in [6.07, 6.45) is 2.68. The molecule has 0 atom stereocenters. The highest BCUT2D eigenvalue weighted by Gasteiger charge is 2.05. The number of nitrogens with zero attached hydrogens (tertiary/aromatic N) is 3. The van der Waals surface area contributed by atoms with Gasteiger partial charge in [-0.05, 0) is 26.0 Å². The number of aryl methyl sites for hydroxylation is 2. The Balaban J connectivity index is 2.59. The first kappa shape index (κ1) is 9.15. The van der Waals surface area contributed by atoms with E-state index in [0.717, 1.165) is 29.0 Å². The molecule has 2 heterocycles. The molecule has 0 aliphatic carbocycles. The van der Waals surface area contributed by atoms with Crippen LogP contribution in [0.1, 0.15) is 17.0 Å². The maximum absolute atomic E-state index is 5.48. The number of fused-ring (bicyclic) bond motifs is 1. The van der Waals surface area contributed by atoms with Crippen molar-refractivity contribution in [3.8, 4) is 0 Å². The molecule has 4 nitrogen and oxygen atoms in total. The Morgan fingerprint density at radius 2 is 2.21 bits per heavy atom. The summed E-state index contributed by atoms with van der Waals surface area (Å²) in [5.74, 6) is 0. The molecule has 14 heavy (non-hydrogen) atoms. The molecule has 74 valence electrons. The monoisotopic (exact) mass is 190 g/mol. The van der Waals surface area contributed by atoms with Crippen LogP contribution in [-0.2, 0) is 6.42 Å². The lowest BCUT2D eigenvalue weighted by Crippen LogP contribution is -2.04. The number of aromatic nitrogens is 3. The van der Waals surface area contributed by atoms with Gasteiger partial charge in [-0.2, -0.15) is 5.10 Å². The van der Waals surface area contributed by atoms with Crippen LogP contribution in [0.3, 0.4) is 0 Å². The Bertz CT molecular complexity index is 458. The summed E-state index contributed by atoms with van der Waals surface area (Å²) in [5.41, 5.74) is 9.68. The van der Waals surface area contributed by atoms with Crippen LogP contribution in [0, 0.1) is 13.8 Å². The predicted octanol–water partition coefficient (Wildman–Crippen LogP) is 0.847. The van der Waals surface area contributed by atoms with Crippen molar-refractivity contribution < 1.29 is 0 Å². The zero-order valence-corrected chi connectivity index (χ0v) is 8.49. The zero-order chi connectivity index (χ0) is 10.1. The van der Waals surface area contributed by atoms with Crippen molar-refractivity contribution >= 4 is 5.65 Å². The molecule has 0 spiro atoms. The molecule has 2 N–H and O–H groups in total. The van der Waals surface area contributed by atoms with Crippen molar-refractivity contribution in [2.24, 2.45) is 5.73 Å². The molecule has 0 amide bonds. The molecule has 0 aromatic carbocycles. The SMILES string of the molecule is Cc1cnc2cc(CCN)nn2c1C. The van der Waals surface area contributed by atoms with Gasteiger partial charge in [0, 0.05) is 24.4 Å². The second kappa shape index (κ2) is 3.38. The number of rotatable bonds is 2. The van der Waals surface area contributed by atoms with Crippen LogP contribution in [0.2, 0.25) is 0 Å². The third-order valence-electron chi connectivity index (χ3n) is 2.42. The van der Waals surface area contributed by atoms with Gasteiger partial charge in [-0.1, -0.05) is 0 Å². The standard InChI is InChI=1S/C10H14N4/c1-7-6-12-10-5-9(3-4-11)13-14(10)8(7)2/h5-6H,3-4,11H2,1-2H3. The molecular weight excluding hydrogens is 176 g/mol. The summed E-state index contributed by atoms with van der Waals surface area (Å²) >= 11 is 0. The van der Waals surface area contributed by atoms with Crippen molar-refractivity contribution in [1.29, 1.82) is 0 Å². The minimum atomic E-state index is 0.627. The van der Waals surface area contributed by atoms with E-state index in [4.69, 9.17) is 5.73 Å². The summed E-state index contributed by atoms with van der Waals surface area (Å²) < 4.78 is 1.88. The number of nitrogens with two attached hydrogens (primary N) is 1. The summed E-state index contributed by atoms with van der Waals surface area (Å²) in [7, 11) is 0. The highest BCUT2D eigenvalue weighted by atomic mass is 15.3. The molecule has 0 radical (unpaired) electrons. The van der Waals surface area contributed by atoms with Crippen LogP contribution in [-0.4, -0.2) is 21.1 Å². The van der Waals surface area contributed by atoms with Gasteiger partial charge in [-0.25, -0.2) is 9.50 Å². The topological polar surface area (TPSA) is 56.2 Å². The molecule has 0 aliphatic heterocycles. The van der Waals surface area contributed by atoms with E-state index < -0.39 is 0 Å². The average Bonchev–Trinajstić information content (AvgIpc) is 2.56. The Morgan fingerprint density at radius 3 is 2.93 bits per heavy atom. The molecule has 0 fully saturated rings. The molecule has 0 bridgehead atoms. The number of hydrogen-bond donors (Lipinski definition) is 1. The molecule has 0 aliphatic rings. The Hall–Kier alpha value is -1.42. The normalized spacial score (nSPS) is 11.1. The summed E-state index contributed by atoms with van der Waals surface area (Å²) in [5, 5.41) is 4.44. The fourth-order valence-corrected chi connectivity index (χ4v) is 1.45. The molecule has 0 saturated carbocycles. The quantitative estimate of drug-likeness (QED) is 0.763. The van der Waals surface area contributed by atoms with Crippen LogP contribution in [0.5, 0.6) is 0 Å². The van der Waals surface area contributed by atoms with Gasteiger partial charge in [0.15, 0.2) is 5.65 Å². The van der Waals surface area contributed by atoms with Gasteiger partial charge in [0.25, 0.3) is 0 Å². The lowest BCUT2D eigenvalue weighted by molar-refractivity contribution is 0.827. The first-order valence-corrected chi connectivity index (χ1v) is 4.73. The van der Waals surface area contributed by atoms with Crippen LogP contribution >= 0.6 is 0 Å². The lowest BCUT2D eigenvalue weighted by Gasteiger charge is -2.00. The number of hydrogen-bond acceptors (Lipinski definition) is 3. The van der Waals surface area contributed by atoms with Gasteiger partial charge < -0.3 is 5.73 Å². The minimum absolute atomic E-state index is 0.627. The average molecular weight is 190 g/mol. The van der Waals surface area contributed by atoms with E-state index in [2.05, 4.69) is 10.1 Å². The van der Waals surface area contributed by atoms with Crippen LogP contribution in [0.25, 0.3) is 5.65 Å². The van der Waals surface area contributed by atoms with E-state index >= 15 is 0 Å². The third-order valence-corrected chi connectivity index (χ3v) is 2.42. The maximum Gasteiger partial charge on any atom is 0.155 e. The summed E-state index contributed by atoms with van der Waals surface area (Å²) in [6.45, 7) is 4.71. The Morgan fingerprint density at radius 1 is 1.43 bits per heavy atom. The second-order valence-corrected chi connectivity index (χ2v) is 3.47. The Kier molecular flexibility index (Phi) is 2.21. The minimum Gasteiger partial charge on any atom is -0.330 e. The van der Waals surface area contributed by atoms with Crippen molar-refractivity contribution in [2.75, 3.05) is 6.54 Å². The second-order valence-electron chi connectivity index (χ2n) is 3.47. The van der Waals surface area contributed by atoms with Gasteiger partial charge in [-0.3, -0.25) is 0 Å². The lowest BCUT2D eigenvalue weighted by atomic mass is 10.3. The largest absolute Gasteiger partial charge is 0.330 e. The highest BCUT2D eigenvalue weighted by molar-refractivity contribution is 5.41. The van der Waals surface area contributed by atoms with Crippen molar-refractivity contribution in [2.45, 2.75) is 20.3 Å². The molecule has 0 saturated heterocycles. The third kappa shape index (κ3) is 1.37. The molecular formula is C10H14N4. The molecule has 4 heteroatoms. The molecule has 2 rings (SSSR count). The van der Waals surface area contributed by atoms with Crippen LogP contribution in [0.4, 0.5) is 0 Å². The summed E-state index contributed by atoms with van der Waals surface area (Å²) in [6, 6.07) is 1.99. The van der Waals surface area contributed by atoms with E-state index in [1.54, 1.807) is 0 Å². The van der Waals surface area contributed by atoms with E-state index in [1.807, 2.05) is 30.6 Å². The van der Waals surface area contributed by atoms with Crippen molar-refractivity contribution in [3.05, 3.63) is 29.2 Å². The van der Waals surface area contributed by atoms with Gasteiger partial charge in [0.1, 0.15) is 0 Å². The molecule has 2 aromatic rings. The smallest absolute Gasteiger partial charge is 0.155 e. The first-order valence-electron chi connectivity index (χ1n) is 4.73. The van der Waals surface area contributed by atoms with Crippen LogP contribution in [0.15, 0.2) is 12.3 Å². The van der Waals surface area contributed by atoms with Crippen LogP contribution < -0.4 is 5.73 Å². The fraction of sp³-hybridized carbons (Fsp3) is 0.400. The van der Waals surface area contributed by atoms with Gasteiger partial charge >= 0.3 is 0 Å². The van der Waals surface area contributed by atoms with Gasteiger partial charge in [-0.15, -0.1) is 0 Å². The molecule has 0 unspecified atom stereocenters. The van der Waals surface area contributed by atoms with E-state index in [-0.39, 0.29) is 0 Å². The van der Waals surface area contributed by atoms with E-state index in [0.29, 0.717) is 6.54 Å². The summed E-state index contributed by atoms with van der Waals surface area (Å²) in [4.78, 5) is 4.30. The van der Waals surface area contributed by atoms with Crippen molar-refractivity contribution in [3.63, 3.8) is 0 Å².